The predicted molar refractivity (Wildman–Crippen MR) is 90.9 cm³/mol. The molecule has 0 spiro atoms. The van der Waals surface area contributed by atoms with Crippen molar-refractivity contribution in [2.24, 2.45) is 5.73 Å². The lowest BCUT2D eigenvalue weighted by Gasteiger charge is -2.34. The topological polar surface area (TPSA) is 41.7 Å². The van der Waals surface area contributed by atoms with Crippen molar-refractivity contribution in [1.29, 1.82) is 0 Å². The van der Waals surface area contributed by atoms with E-state index in [1.807, 2.05) is 12.1 Å². The van der Waals surface area contributed by atoms with E-state index in [1.54, 1.807) is 7.11 Å². The first-order valence-corrected chi connectivity index (χ1v) is 7.96. The second kappa shape index (κ2) is 7.73. The molecular weight excluding hydrogens is 282 g/mol. The fourth-order valence-electron chi connectivity index (χ4n) is 2.78. The van der Waals surface area contributed by atoms with Crippen molar-refractivity contribution in [3.05, 3.63) is 29.3 Å². The van der Waals surface area contributed by atoms with Gasteiger partial charge in [-0.15, -0.1) is 0 Å². The second-order valence-electron chi connectivity index (χ2n) is 5.51. The van der Waals surface area contributed by atoms with Gasteiger partial charge in [-0.3, -0.25) is 4.90 Å². The van der Waals surface area contributed by atoms with Gasteiger partial charge in [-0.1, -0.05) is 19.1 Å². The maximum absolute atomic E-state index is 5.73. The highest BCUT2D eigenvalue weighted by molar-refractivity contribution is 7.80. The molecule has 116 valence electrons. The molecule has 2 N–H and O–H groups in total. The monoisotopic (exact) mass is 307 g/mol. The molecule has 1 aromatic carbocycles. The quantitative estimate of drug-likeness (QED) is 0.813. The summed E-state index contributed by atoms with van der Waals surface area (Å²) in [6.07, 6.45) is 1.23. The third-order valence-electron chi connectivity index (χ3n) is 3.96. The summed E-state index contributed by atoms with van der Waals surface area (Å²) in [6.45, 7) is 8.81. The minimum absolute atomic E-state index is 0.437. The Balaban J connectivity index is 2.02. The summed E-state index contributed by atoms with van der Waals surface area (Å²) in [5.74, 6) is 0.908. The summed E-state index contributed by atoms with van der Waals surface area (Å²) < 4.78 is 5.46. The molecule has 1 aliphatic rings. The minimum Gasteiger partial charge on any atom is -0.496 e. The van der Waals surface area contributed by atoms with Crippen molar-refractivity contribution in [2.75, 3.05) is 39.8 Å². The number of ether oxygens (including phenoxy) is 1. The van der Waals surface area contributed by atoms with Gasteiger partial charge < -0.3 is 15.4 Å². The van der Waals surface area contributed by atoms with E-state index in [1.165, 1.54) is 13.0 Å². The summed E-state index contributed by atoms with van der Waals surface area (Å²) >= 11 is 5.07. The van der Waals surface area contributed by atoms with Gasteiger partial charge in [0.15, 0.2) is 0 Å². The van der Waals surface area contributed by atoms with E-state index in [-0.39, 0.29) is 0 Å². The van der Waals surface area contributed by atoms with Crippen LogP contribution in [0, 0.1) is 0 Å². The van der Waals surface area contributed by atoms with Crippen LogP contribution in [-0.2, 0) is 6.54 Å². The summed E-state index contributed by atoms with van der Waals surface area (Å²) in [5, 5.41) is 0. The molecule has 0 unspecified atom stereocenters. The smallest absolute Gasteiger partial charge is 0.123 e. The van der Waals surface area contributed by atoms with E-state index >= 15 is 0 Å². The Kier molecular flexibility index (Phi) is 5.96. The number of nitrogens with zero attached hydrogens (tertiary/aromatic N) is 2. The maximum atomic E-state index is 5.73. The largest absolute Gasteiger partial charge is 0.496 e. The first kappa shape index (κ1) is 16.2. The fourth-order valence-corrected chi connectivity index (χ4v) is 2.91. The highest BCUT2D eigenvalue weighted by atomic mass is 32.1. The van der Waals surface area contributed by atoms with Gasteiger partial charge in [0.2, 0.25) is 0 Å². The molecule has 0 amide bonds. The van der Waals surface area contributed by atoms with Crippen molar-refractivity contribution in [2.45, 2.75) is 19.9 Å². The summed E-state index contributed by atoms with van der Waals surface area (Å²) in [4.78, 5) is 5.43. The van der Waals surface area contributed by atoms with Gasteiger partial charge in [-0.2, -0.15) is 0 Å². The Labute approximate surface area is 132 Å². The summed E-state index contributed by atoms with van der Waals surface area (Å²) in [5.41, 5.74) is 7.80. The Morgan fingerprint density at radius 2 is 1.90 bits per heavy atom. The number of hydrogen-bond donors (Lipinski definition) is 1. The first-order valence-electron chi connectivity index (χ1n) is 7.55. The van der Waals surface area contributed by atoms with Gasteiger partial charge in [-0.25, -0.2) is 0 Å². The van der Waals surface area contributed by atoms with E-state index in [0.717, 1.165) is 49.6 Å². The average Bonchev–Trinajstić information content (AvgIpc) is 2.49. The molecule has 5 heteroatoms. The standard InChI is InChI=1S/C16H25N3OS/c1-3-6-18-7-9-19(10-8-18)12-14-11-13(16(17)21)4-5-15(14)20-2/h4-5,11H,3,6-10,12H2,1-2H3,(H2,17,21). The third kappa shape index (κ3) is 4.40. The number of piperazine rings is 1. The van der Waals surface area contributed by atoms with Crippen molar-refractivity contribution in [3.63, 3.8) is 0 Å². The highest BCUT2D eigenvalue weighted by Crippen LogP contribution is 2.22. The first-order chi connectivity index (χ1) is 10.1. The van der Waals surface area contributed by atoms with Gasteiger partial charge in [0.1, 0.15) is 10.7 Å². The van der Waals surface area contributed by atoms with Crippen LogP contribution in [0.15, 0.2) is 18.2 Å². The molecule has 1 aromatic rings. The van der Waals surface area contributed by atoms with E-state index < -0.39 is 0 Å². The van der Waals surface area contributed by atoms with Crippen molar-refractivity contribution >= 4 is 17.2 Å². The zero-order chi connectivity index (χ0) is 15.2. The van der Waals surface area contributed by atoms with Crippen molar-refractivity contribution < 1.29 is 4.74 Å². The normalized spacial score (nSPS) is 16.9. The van der Waals surface area contributed by atoms with Crippen LogP contribution < -0.4 is 10.5 Å². The molecule has 0 saturated carbocycles. The number of methoxy groups -OCH3 is 1. The second-order valence-corrected chi connectivity index (χ2v) is 5.95. The number of nitrogens with two attached hydrogens (primary N) is 1. The predicted octanol–water partition coefficient (Wildman–Crippen LogP) is 1.86. The van der Waals surface area contributed by atoms with Crippen LogP contribution in [0.1, 0.15) is 24.5 Å². The van der Waals surface area contributed by atoms with E-state index in [9.17, 15) is 0 Å². The molecule has 4 nitrogen and oxygen atoms in total. The number of hydrogen-bond acceptors (Lipinski definition) is 4. The Morgan fingerprint density at radius 1 is 1.24 bits per heavy atom. The number of benzene rings is 1. The van der Waals surface area contributed by atoms with Crippen LogP contribution in [-0.4, -0.2) is 54.6 Å². The number of thiocarbonyl (C=S) groups is 1. The third-order valence-corrected chi connectivity index (χ3v) is 4.20. The zero-order valence-corrected chi connectivity index (χ0v) is 13.8. The molecule has 1 saturated heterocycles. The Bertz CT molecular complexity index is 484. The SMILES string of the molecule is CCCN1CCN(Cc2cc(C(N)=S)ccc2OC)CC1. The lowest BCUT2D eigenvalue weighted by Crippen LogP contribution is -2.46. The molecule has 0 aliphatic carbocycles. The lowest BCUT2D eigenvalue weighted by atomic mass is 10.1. The molecule has 0 aromatic heterocycles. The van der Waals surface area contributed by atoms with E-state index in [2.05, 4.69) is 22.8 Å². The van der Waals surface area contributed by atoms with Crippen molar-refractivity contribution in [3.8, 4) is 5.75 Å². The summed E-state index contributed by atoms with van der Waals surface area (Å²) in [7, 11) is 1.71. The number of rotatable bonds is 6. The lowest BCUT2D eigenvalue weighted by molar-refractivity contribution is 0.126. The Morgan fingerprint density at radius 3 is 2.48 bits per heavy atom. The Hall–Kier alpha value is -1.17. The fraction of sp³-hybridized carbons (Fsp3) is 0.562. The van der Waals surface area contributed by atoms with Gasteiger partial charge in [0, 0.05) is 43.9 Å². The molecule has 0 atom stereocenters. The molecule has 0 bridgehead atoms. The van der Waals surface area contributed by atoms with E-state index in [0.29, 0.717) is 4.99 Å². The van der Waals surface area contributed by atoms with Crippen molar-refractivity contribution in [1.82, 2.24) is 9.80 Å². The average molecular weight is 307 g/mol. The molecular formula is C16H25N3OS. The van der Waals surface area contributed by atoms with Crippen LogP contribution in [0.25, 0.3) is 0 Å². The minimum atomic E-state index is 0.437. The molecule has 0 radical (unpaired) electrons. The molecule has 21 heavy (non-hydrogen) atoms. The van der Waals surface area contributed by atoms with Gasteiger partial charge in [0.25, 0.3) is 0 Å². The van der Waals surface area contributed by atoms with Crippen LogP contribution in [0.4, 0.5) is 0 Å². The van der Waals surface area contributed by atoms with Crippen LogP contribution in [0.2, 0.25) is 0 Å². The van der Waals surface area contributed by atoms with Gasteiger partial charge in [0.05, 0.1) is 7.11 Å². The highest BCUT2D eigenvalue weighted by Gasteiger charge is 2.17. The summed E-state index contributed by atoms with van der Waals surface area (Å²) in [6, 6.07) is 5.93. The van der Waals surface area contributed by atoms with Gasteiger partial charge in [-0.05, 0) is 31.2 Å². The maximum Gasteiger partial charge on any atom is 0.123 e. The molecule has 2 rings (SSSR count). The van der Waals surface area contributed by atoms with Crippen LogP contribution >= 0.6 is 12.2 Å². The van der Waals surface area contributed by atoms with Gasteiger partial charge >= 0.3 is 0 Å². The van der Waals surface area contributed by atoms with E-state index in [4.69, 9.17) is 22.7 Å². The van der Waals surface area contributed by atoms with Crippen LogP contribution in [0.5, 0.6) is 5.75 Å². The molecule has 1 heterocycles. The zero-order valence-electron chi connectivity index (χ0n) is 13.0. The molecule has 1 fully saturated rings. The van der Waals surface area contributed by atoms with Crippen LogP contribution in [0.3, 0.4) is 0 Å². The molecule has 1 aliphatic heterocycles.